The van der Waals surface area contributed by atoms with Crippen LogP contribution in [0.25, 0.3) is 0 Å². The van der Waals surface area contributed by atoms with Gasteiger partial charge in [0.15, 0.2) is 0 Å². The van der Waals surface area contributed by atoms with Crippen molar-refractivity contribution < 1.29 is 19.1 Å². The molecule has 1 aliphatic rings. The van der Waals surface area contributed by atoms with E-state index in [1.165, 1.54) is 12.0 Å². The van der Waals surface area contributed by atoms with E-state index in [1.54, 1.807) is 17.0 Å². The molecule has 1 atom stereocenters. The highest BCUT2D eigenvalue weighted by atomic mass is 35.5. The lowest BCUT2D eigenvalue weighted by Gasteiger charge is -2.25. The molecular weight excluding hydrogens is 404 g/mol. The lowest BCUT2D eigenvalue weighted by atomic mass is 10.1. The number of likely N-dealkylation sites (tertiary alicyclic amines) is 1. The van der Waals surface area contributed by atoms with Crippen LogP contribution in [-0.4, -0.2) is 54.3 Å². The molecule has 0 spiro atoms. The zero-order valence-corrected chi connectivity index (χ0v) is 17.7. The normalized spacial score (nSPS) is 15.9. The van der Waals surface area contributed by atoms with E-state index >= 15 is 0 Å². The molecule has 0 N–H and O–H groups in total. The summed E-state index contributed by atoms with van der Waals surface area (Å²) in [5, 5.41) is 0.597. The van der Waals surface area contributed by atoms with Crippen LogP contribution in [0.2, 0.25) is 5.02 Å². The van der Waals surface area contributed by atoms with E-state index in [1.807, 2.05) is 42.5 Å². The molecule has 7 heteroatoms. The van der Waals surface area contributed by atoms with Gasteiger partial charge in [-0.1, -0.05) is 54.1 Å². The first-order valence-electron chi connectivity index (χ1n) is 9.88. The molecule has 1 aliphatic heterocycles. The highest BCUT2D eigenvalue weighted by Crippen LogP contribution is 2.22. The number of halogens is 1. The fraction of sp³-hybridized carbons (Fsp3) is 0.348. The molecule has 0 bridgehead atoms. The van der Waals surface area contributed by atoms with E-state index in [0.29, 0.717) is 18.1 Å². The van der Waals surface area contributed by atoms with Gasteiger partial charge in [0.2, 0.25) is 11.8 Å². The van der Waals surface area contributed by atoms with Crippen molar-refractivity contribution in [3.63, 3.8) is 0 Å². The monoisotopic (exact) mass is 428 g/mol. The molecule has 0 aliphatic carbocycles. The van der Waals surface area contributed by atoms with Crippen molar-refractivity contribution in [2.24, 2.45) is 5.92 Å². The van der Waals surface area contributed by atoms with Crippen LogP contribution in [0.15, 0.2) is 54.6 Å². The highest BCUT2D eigenvalue weighted by molar-refractivity contribution is 6.30. The maximum absolute atomic E-state index is 13.1. The summed E-state index contributed by atoms with van der Waals surface area (Å²) in [4.78, 5) is 40.6. The summed E-state index contributed by atoms with van der Waals surface area (Å²) in [6, 6.07) is 17.0. The average molecular weight is 429 g/mol. The molecule has 0 radical (unpaired) electrons. The van der Waals surface area contributed by atoms with Crippen LogP contribution in [-0.2, 0) is 32.1 Å². The third-order valence-electron chi connectivity index (χ3n) is 5.22. The third-order valence-corrected chi connectivity index (χ3v) is 5.47. The minimum atomic E-state index is -0.498. The summed E-state index contributed by atoms with van der Waals surface area (Å²) in [7, 11) is 1.29. The number of hydrogen-bond acceptors (Lipinski definition) is 4. The van der Waals surface area contributed by atoms with Gasteiger partial charge in [0.1, 0.15) is 6.54 Å². The van der Waals surface area contributed by atoms with E-state index in [2.05, 4.69) is 0 Å². The molecule has 6 nitrogen and oxygen atoms in total. The van der Waals surface area contributed by atoms with Crippen molar-refractivity contribution in [2.75, 3.05) is 26.7 Å². The summed E-state index contributed by atoms with van der Waals surface area (Å²) in [5.41, 5.74) is 2.00. The van der Waals surface area contributed by atoms with E-state index < -0.39 is 11.9 Å². The van der Waals surface area contributed by atoms with Crippen molar-refractivity contribution in [2.45, 2.75) is 19.4 Å². The molecule has 0 unspecified atom stereocenters. The Balaban J connectivity index is 1.65. The standard InChI is InChI=1S/C23H25ClN2O4/c1-30-22(28)16-26(14-18-7-9-20(24)10-8-18)23(29)19-13-21(27)25(15-19)12-11-17-5-3-2-4-6-17/h2-10,19H,11-16H2,1H3/t19-/m1/s1. The Morgan fingerprint density at radius 1 is 1.10 bits per heavy atom. The lowest BCUT2D eigenvalue weighted by Crippen LogP contribution is -2.40. The number of rotatable bonds is 8. The van der Waals surface area contributed by atoms with Crippen LogP contribution in [0.1, 0.15) is 17.5 Å². The number of benzene rings is 2. The number of esters is 1. The van der Waals surface area contributed by atoms with Gasteiger partial charge < -0.3 is 14.5 Å². The predicted octanol–water partition coefficient (Wildman–Crippen LogP) is 2.93. The molecule has 30 heavy (non-hydrogen) atoms. The fourth-order valence-electron chi connectivity index (χ4n) is 3.56. The van der Waals surface area contributed by atoms with Gasteiger partial charge in [0.05, 0.1) is 13.0 Å². The number of ether oxygens (including phenoxy) is 1. The molecule has 1 fully saturated rings. The van der Waals surface area contributed by atoms with Gasteiger partial charge in [0, 0.05) is 31.1 Å². The quantitative estimate of drug-likeness (QED) is 0.606. The predicted molar refractivity (Wildman–Crippen MR) is 114 cm³/mol. The molecule has 3 rings (SSSR count). The van der Waals surface area contributed by atoms with Crippen LogP contribution in [0.5, 0.6) is 0 Å². The number of amides is 2. The van der Waals surface area contributed by atoms with Gasteiger partial charge in [0.25, 0.3) is 0 Å². The summed E-state index contributed by atoms with van der Waals surface area (Å²) in [6.07, 6.45) is 0.899. The summed E-state index contributed by atoms with van der Waals surface area (Å²) < 4.78 is 4.75. The van der Waals surface area contributed by atoms with Gasteiger partial charge in [-0.2, -0.15) is 0 Å². The smallest absolute Gasteiger partial charge is 0.325 e. The van der Waals surface area contributed by atoms with Crippen LogP contribution in [0.4, 0.5) is 0 Å². The Kier molecular flexibility index (Phi) is 7.46. The first-order chi connectivity index (χ1) is 14.5. The van der Waals surface area contributed by atoms with Gasteiger partial charge in [-0.25, -0.2) is 0 Å². The number of hydrogen-bond donors (Lipinski definition) is 0. The van der Waals surface area contributed by atoms with Crippen LogP contribution in [0, 0.1) is 5.92 Å². The Bertz CT molecular complexity index is 886. The Hall–Kier alpha value is -2.86. The van der Waals surface area contributed by atoms with Crippen molar-refractivity contribution in [3.8, 4) is 0 Å². The van der Waals surface area contributed by atoms with Gasteiger partial charge >= 0.3 is 5.97 Å². The minimum absolute atomic E-state index is 0.0335. The second-order valence-corrected chi connectivity index (χ2v) is 7.81. The van der Waals surface area contributed by atoms with E-state index in [4.69, 9.17) is 16.3 Å². The zero-order chi connectivity index (χ0) is 21.5. The maximum Gasteiger partial charge on any atom is 0.325 e. The topological polar surface area (TPSA) is 66.9 Å². The van der Waals surface area contributed by atoms with Gasteiger partial charge in [-0.3, -0.25) is 14.4 Å². The summed E-state index contributed by atoms with van der Waals surface area (Å²) in [6.45, 7) is 1.02. The molecule has 0 aromatic heterocycles. The Labute approximate surface area is 181 Å². The van der Waals surface area contributed by atoms with Crippen LogP contribution in [0.3, 0.4) is 0 Å². The minimum Gasteiger partial charge on any atom is -0.468 e. The van der Waals surface area contributed by atoms with E-state index in [9.17, 15) is 14.4 Å². The largest absolute Gasteiger partial charge is 0.468 e. The molecule has 2 aromatic rings. The molecule has 158 valence electrons. The number of nitrogens with zero attached hydrogens (tertiary/aromatic N) is 2. The number of carbonyl (C=O) groups is 3. The first-order valence-corrected chi connectivity index (χ1v) is 10.3. The number of methoxy groups -OCH3 is 1. The van der Waals surface area contributed by atoms with Crippen molar-refractivity contribution in [1.82, 2.24) is 9.80 Å². The molecule has 2 amide bonds. The number of carbonyl (C=O) groups excluding carboxylic acids is 3. The van der Waals surface area contributed by atoms with Crippen molar-refractivity contribution >= 4 is 29.4 Å². The van der Waals surface area contributed by atoms with E-state index in [0.717, 1.165) is 17.5 Å². The second kappa shape index (κ2) is 10.3. The second-order valence-electron chi connectivity index (χ2n) is 7.37. The maximum atomic E-state index is 13.1. The van der Waals surface area contributed by atoms with Gasteiger partial charge in [-0.05, 0) is 29.7 Å². The fourth-order valence-corrected chi connectivity index (χ4v) is 3.69. The Morgan fingerprint density at radius 3 is 2.47 bits per heavy atom. The van der Waals surface area contributed by atoms with Crippen LogP contribution < -0.4 is 0 Å². The molecular formula is C23H25ClN2O4. The first kappa shape index (κ1) is 21.8. The average Bonchev–Trinajstić information content (AvgIpc) is 3.14. The molecule has 0 saturated carbocycles. The Morgan fingerprint density at radius 2 is 1.80 bits per heavy atom. The van der Waals surface area contributed by atoms with Gasteiger partial charge in [-0.15, -0.1) is 0 Å². The van der Waals surface area contributed by atoms with E-state index in [-0.39, 0.29) is 31.3 Å². The summed E-state index contributed by atoms with van der Waals surface area (Å²) in [5.74, 6) is -1.22. The van der Waals surface area contributed by atoms with Crippen molar-refractivity contribution in [1.29, 1.82) is 0 Å². The van der Waals surface area contributed by atoms with Crippen LogP contribution >= 0.6 is 11.6 Å². The molecule has 2 aromatic carbocycles. The third kappa shape index (κ3) is 5.83. The molecule has 1 heterocycles. The molecule has 1 saturated heterocycles. The summed E-state index contributed by atoms with van der Waals surface area (Å²) >= 11 is 5.93. The lowest BCUT2D eigenvalue weighted by molar-refractivity contribution is -0.148. The van der Waals surface area contributed by atoms with Crippen molar-refractivity contribution in [3.05, 3.63) is 70.7 Å². The SMILES string of the molecule is COC(=O)CN(Cc1ccc(Cl)cc1)C(=O)[C@@H]1CC(=O)N(CCc2ccccc2)C1. The zero-order valence-electron chi connectivity index (χ0n) is 16.9. The highest BCUT2D eigenvalue weighted by Gasteiger charge is 2.36.